The van der Waals surface area contributed by atoms with Gasteiger partial charge in [-0.25, -0.2) is 5.43 Å². The van der Waals surface area contributed by atoms with E-state index in [1.165, 1.54) is 6.21 Å². The van der Waals surface area contributed by atoms with Crippen LogP contribution < -0.4 is 10.7 Å². The summed E-state index contributed by atoms with van der Waals surface area (Å²) in [6.07, 6.45) is 1.48. The Labute approximate surface area is 139 Å². The molecule has 22 heavy (non-hydrogen) atoms. The Morgan fingerprint density at radius 1 is 1.23 bits per heavy atom. The molecule has 0 radical (unpaired) electrons. The lowest BCUT2D eigenvalue weighted by Gasteiger charge is -2.05. The number of rotatable bonds is 5. The average molecular weight is 336 g/mol. The van der Waals surface area contributed by atoms with Gasteiger partial charge in [-0.15, -0.1) is 0 Å². The van der Waals surface area contributed by atoms with Gasteiger partial charge in [0.2, 0.25) is 0 Å². The number of nitrogens with zero attached hydrogens (tertiary/aromatic N) is 1. The summed E-state index contributed by atoms with van der Waals surface area (Å²) in [7, 11) is 0. The number of nitrogens with one attached hydrogen (secondary N) is 2. The minimum Gasteiger partial charge on any atom is -0.376 e. The first kappa shape index (κ1) is 16.3. The van der Waals surface area contributed by atoms with Gasteiger partial charge in [-0.3, -0.25) is 4.79 Å². The second-order valence-corrected chi connectivity index (χ2v) is 5.53. The molecule has 0 saturated carbocycles. The lowest BCUT2D eigenvalue weighted by Crippen LogP contribution is -2.25. The SMILES string of the molecule is Cc1cccc(NCC(=O)N/N=C/c2ccc(Cl)cc2Cl)c1. The molecule has 6 heteroatoms. The maximum Gasteiger partial charge on any atom is 0.259 e. The number of benzene rings is 2. The van der Waals surface area contributed by atoms with E-state index in [9.17, 15) is 4.79 Å². The number of halogens is 2. The fourth-order valence-corrected chi connectivity index (χ4v) is 2.21. The first-order valence-electron chi connectivity index (χ1n) is 6.62. The Bertz CT molecular complexity index is 702. The number of carbonyl (C=O) groups is 1. The monoisotopic (exact) mass is 335 g/mol. The summed E-state index contributed by atoms with van der Waals surface area (Å²) >= 11 is 11.8. The van der Waals surface area contributed by atoms with Gasteiger partial charge in [0.25, 0.3) is 5.91 Å². The van der Waals surface area contributed by atoms with E-state index in [2.05, 4.69) is 15.8 Å². The Morgan fingerprint density at radius 3 is 2.77 bits per heavy atom. The summed E-state index contributed by atoms with van der Waals surface area (Å²) in [5.41, 5.74) is 5.13. The lowest BCUT2D eigenvalue weighted by molar-refractivity contribution is -0.119. The first-order valence-corrected chi connectivity index (χ1v) is 7.38. The van der Waals surface area contributed by atoms with Crippen molar-refractivity contribution in [2.45, 2.75) is 6.92 Å². The van der Waals surface area contributed by atoms with Crippen molar-refractivity contribution in [3.05, 3.63) is 63.6 Å². The predicted molar refractivity (Wildman–Crippen MR) is 91.9 cm³/mol. The highest BCUT2D eigenvalue weighted by Crippen LogP contribution is 2.19. The van der Waals surface area contributed by atoms with Gasteiger partial charge in [-0.2, -0.15) is 5.10 Å². The quantitative estimate of drug-likeness (QED) is 0.643. The summed E-state index contributed by atoms with van der Waals surface area (Å²) < 4.78 is 0. The maximum atomic E-state index is 11.7. The molecule has 0 bridgehead atoms. The number of aryl methyl sites for hydroxylation is 1. The maximum absolute atomic E-state index is 11.7. The zero-order valence-corrected chi connectivity index (χ0v) is 13.4. The third-order valence-electron chi connectivity index (χ3n) is 2.83. The molecule has 4 nitrogen and oxygen atoms in total. The topological polar surface area (TPSA) is 53.5 Å². The van der Waals surface area contributed by atoms with Crippen molar-refractivity contribution in [2.75, 3.05) is 11.9 Å². The molecule has 2 rings (SSSR count). The van der Waals surface area contributed by atoms with E-state index in [1.807, 2.05) is 31.2 Å². The number of anilines is 1. The van der Waals surface area contributed by atoms with Gasteiger partial charge >= 0.3 is 0 Å². The Morgan fingerprint density at radius 2 is 2.05 bits per heavy atom. The Hall–Kier alpha value is -2.04. The lowest BCUT2D eigenvalue weighted by atomic mass is 10.2. The molecule has 0 aliphatic rings. The van der Waals surface area contributed by atoms with Crippen molar-refractivity contribution in [1.29, 1.82) is 0 Å². The molecule has 0 fully saturated rings. The van der Waals surface area contributed by atoms with Gasteiger partial charge < -0.3 is 5.32 Å². The van der Waals surface area contributed by atoms with Gasteiger partial charge in [0, 0.05) is 16.3 Å². The van der Waals surface area contributed by atoms with E-state index in [4.69, 9.17) is 23.2 Å². The average Bonchev–Trinajstić information content (AvgIpc) is 2.47. The summed E-state index contributed by atoms with van der Waals surface area (Å²) in [4.78, 5) is 11.7. The van der Waals surface area contributed by atoms with Gasteiger partial charge in [0.1, 0.15) is 0 Å². The van der Waals surface area contributed by atoms with Crippen LogP contribution >= 0.6 is 23.2 Å². The van der Waals surface area contributed by atoms with Gasteiger partial charge in [0.15, 0.2) is 0 Å². The minimum absolute atomic E-state index is 0.134. The van der Waals surface area contributed by atoms with E-state index in [0.717, 1.165) is 11.3 Å². The van der Waals surface area contributed by atoms with Gasteiger partial charge in [-0.1, -0.05) is 41.4 Å². The van der Waals surface area contributed by atoms with Crippen LogP contribution in [0, 0.1) is 6.92 Å². The summed E-state index contributed by atoms with van der Waals surface area (Å²) in [5.74, 6) is -0.247. The predicted octanol–water partition coefficient (Wildman–Crippen LogP) is 3.86. The zero-order chi connectivity index (χ0) is 15.9. The molecule has 0 spiro atoms. The van der Waals surface area contributed by atoms with Crippen LogP contribution in [0.15, 0.2) is 47.6 Å². The van der Waals surface area contributed by atoms with Crippen LogP contribution in [0.4, 0.5) is 5.69 Å². The number of hydrogen-bond donors (Lipinski definition) is 2. The summed E-state index contributed by atoms with van der Waals surface area (Å²) in [6, 6.07) is 12.8. The fraction of sp³-hybridized carbons (Fsp3) is 0.125. The molecule has 0 atom stereocenters. The van der Waals surface area contributed by atoms with E-state index < -0.39 is 0 Å². The van der Waals surface area contributed by atoms with Crippen LogP contribution in [0.1, 0.15) is 11.1 Å². The van der Waals surface area contributed by atoms with Crippen LogP contribution in [0.5, 0.6) is 0 Å². The van der Waals surface area contributed by atoms with Gasteiger partial charge in [-0.05, 0) is 36.8 Å². The molecule has 1 amide bonds. The second kappa shape index (κ2) is 7.82. The van der Waals surface area contributed by atoms with Crippen molar-refractivity contribution in [2.24, 2.45) is 5.10 Å². The van der Waals surface area contributed by atoms with Crippen molar-refractivity contribution in [1.82, 2.24) is 5.43 Å². The number of hydrazone groups is 1. The van der Waals surface area contributed by atoms with E-state index in [1.54, 1.807) is 18.2 Å². The van der Waals surface area contributed by atoms with Crippen molar-refractivity contribution in [3.8, 4) is 0 Å². The third kappa shape index (κ3) is 5.06. The number of carbonyl (C=O) groups excluding carboxylic acids is 1. The van der Waals surface area contributed by atoms with Crippen molar-refractivity contribution in [3.63, 3.8) is 0 Å². The van der Waals surface area contributed by atoms with Crippen LogP contribution in [-0.4, -0.2) is 18.7 Å². The third-order valence-corrected chi connectivity index (χ3v) is 3.39. The normalized spacial score (nSPS) is 10.7. The molecular weight excluding hydrogens is 321 g/mol. The molecular formula is C16H15Cl2N3O. The van der Waals surface area contributed by atoms with Crippen LogP contribution in [0.2, 0.25) is 10.0 Å². The molecule has 0 aromatic heterocycles. The van der Waals surface area contributed by atoms with Crippen molar-refractivity contribution < 1.29 is 4.79 Å². The smallest absolute Gasteiger partial charge is 0.259 e. The number of hydrogen-bond acceptors (Lipinski definition) is 3. The van der Waals surface area contributed by atoms with Crippen molar-refractivity contribution >= 4 is 41.0 Å². The first-order chi connectivity index (χ1) is 10.5. The zero-order valence-electron chi connectivity index (χ0n) is 11.9. The summed E-state index contributed by atoms with van der Waals surface area (Å²) in [6.45, 7) is 2.13. The molecule has 0 unspecified atom stereocenters. The summed E-state index contributed by atoms with van der Waals surface area (Å²) in [5, 5.41) is 7.92. The molecule has 0 aliphatic heterocycles. The minimum atomic E-state index is -0.247. The fourth-order valence-electron chi connectivity index (χ4n) is 1.76. The molecule has 0 aliphatic carbocycles. The second-order valence-electron chi connectivity index (χ2n) is 4.68. The molecule has 2 N–H and O–H groups in total. The van der Waals surface area contributed by atoms with E-state index in [0.29, 0.717) is 15.6 Å². The molecule has 2 aromatic carbocycles. The Balaban J connectivity index is 1.83. The highest BCUT2D eigenvalue weighted by molar-refractivity contribution is 6.36. The standard InChI is InChI=1S/C16H15Cl2N3O/c1-11-3-2-4-14(7-11)19-10-16(22)21-20-9-12-5-6-13(17)8-15(12)18/h2-9,19H,10H2,1H3,(H,21,22)/b20-9+. The van der Waals surface area contributed by atoms with E-state index >= 15 is 0 Å². The molecule has 0 saturated heterocycles. The largest absolute Gasteiger partial charge is 0.376 e. The molecule has 0 heterocycles. The highest BCUT2D eigenvalue weighted by Gasteiger charge is 2.01. The van der Waals surface area contributed by atoms with Crippen LogP contribution in [-0.2, 0) is 4.79 Å². The highest BCUT2D eigenvalue weighted by atomic mass is 35.5. The number of amides is 1. The molecule has 114 valence electrons. The molecule has 2 aromatic rings. The van der Waals surface area contributed by atoms with E-state index in [-0.39, 0.29) is 12.5 Å². The van der Waals surface area contributed by atoms with Crippen LogP contribution in [0.25, 0.3) is 0 Å². The van der Waals surface area contributed by atoms with Gasteiger partial charge in [0.05, 0.1) is 17.8 Å². The Kier molecular flexibility index (Phi) is 5.81. The van der Waals surface area contributed by atoms with Crippen LogP contribution in [0.3, 0.4) is 0 Å².